The predicted octanol–water partition coefficient (Wildman–Crippen LogP) is 1.91. The summed E-state index contributed by atoms with van der Waals surface area (Å²) in [6, 6.07) is 0. The van der Waals surface area contributed by atoms with Gasteiger partial charge >= 0.3 is 6.09 Å². The molecule has 0 bridgehead atoms. The summed E-state index contributed by atoms with van der Waals surface area (Å²) in [5.41, 5.74) is 2.31. The number of nitrogens with one attached hydrogen (secondary N) is 1. The van der Waals surface area contributed by atoms with Crippen LogP contribution in [0.4, 0.5) is 9.93 Å². The minimum absolute atomic E-state index is 0.231. The molecule has 0 saturated carbocycles. The van der Waals surface area contributed by atoms with E-state index in [1.54, 1.807) is 28.9 Å². The van der Waals surface area contributed by atoms with E-state index in [1.165, 1.54) is 18.4 Å². The highest BCUT2D eigenvalue weighted by molar-refractivity contribution is 7.13. The van der Waals surface area contributed by atoms with Crippen LogP contribution in [-0.2, 0) is 17.7 Å². The van der Waals surface area contributed by atoms with Crippen LogP contribution in [0.1, 0.15) is 21.5 Å². The fourth-order valence-corrected chi connectivity index (χ4v) is 2.95. The molecule has 0 unspecified atom stereocenters. The number of hydrogen-bond acceptors (Lipinski definition) is 6. The van der Waals surface area contributed by atoms with Gasteiger partial charge in [-0.2, -0.15) is 0 Å². The van der Waals surface area contributed by atoms with Crippen molar-refractivity contribution in [2.75, 3.05) is 19.0 Å². The molecule has 2 aromatic rings. The lowest BCUT2D eigenvalue weighted by molar-refractivity contribution is 0.102. The van der Waals surface area contributed by atoms with Crippen molar-refractivity contribution in [3.8, 4) is 0 Å². The van der Waals surface area contributed by atoms with Crippen LogP contribution in [0.2, 0.25) is 0 Å². The Labute approximate surface area is 130 Å². The van der Waals surface area contributed by atoms with Gasteiger partial charge in [0.05, 0.1) is 19.2 Å². The monoisotopic (exact) mass is 318 g/mol. The van der Waals surface area contributed by atoms with Gasteiger partial charge in [0.15, 0.2) is 5.13 Å². The molecule has 1 N–H and O–H groups in total. The summed E-state index contributed by atoms with van der Waals surface area (Å²) in [6.07, 6.45) is 5.09. The van der Waals surface area contributed by atoms with Gasteiger partial charge < -0.3 is 9.64 Å². The number of amides is 2. The van der Waals surface area contributed by atoms with Crippen molar-refractivity contribution in [1.82, 2.24) is 14.9 Å². The van der Waals surface area contributed by atoms with Crippen molar-refractivity contribution in [2.24, 2.45) is 0 Å². The van der Waals surface area contributed by atoms with E-state index < -0.39 is 0 Å². The first-order valence-electron chi connectivity index (χ1n) is 6.68. The van der Waals surface area contributed by atoms with E-state index in [-0.39, 0.29) is 12.0 Å². The number of carbonyl (C=O) groups excluding carboxylic acids is 2. The molecule has 1 aliphatic rings. The number of carbonyl (C=O) groups is 2. The summed E-state index contributed by atoms with van der Waals surface area (Å²) in [4.78, 5) is 33.7. The predicted molar refractivity (Wildman–Crippen MR) is 80.8 cm³/mol. The van der Waals surface area contributed by atoms with Crippen molar-refractivity contribution in [3.63, 3.8) is 0 Å². The molecular weight excluding hydrogens is 304 g/mol. The third-order valence-electron chi connectivity index (χ3n) is 3.47. The van der Waals surface area contributed by atoms with Crippen molar-refractivity contribution in [1.29, 1.82) is 0 Å². The van der Waals surface area contributed by atoms with E-state index >= 15 is 0 Å². The molecular formula is C14H14N4O3S. The Morgan fingerprint density at radius 1 is 1.41 bits per heavy atom. The third kappa shape index (κ3) is 2.77. The van der Waals surface area contributed by atoms with Crippen LogP contribution >= 0.6 is 11.3 Å². The van der Waals surface area contributed by atoms with Crippen LogP contribution in [0, 0.1) is 0 Å². The lowest BCUT2D eigenvalue weighted by Gasteiger charge is -2.28. The van der Waals surface area contributed by atoms with E-state index in [9.17, 15) is 9.59 Å². The number of anilines is 1. The summed E-state index contributed by atoms with van der Waals surface area (Å²) in [7, 11) is 1.36. The first-order chi connectivity index (χ1) is 10.7. The molecule has 2 amide bonds. The molecule has 0 fully saturated rings. The average Bonchev–Trinajstić information content (AvgIpc) is 3.05. The molecule has 0 aliphatic carbocycles. The van der Waals surface area contributed by atoms with Crippen LogP contribution in [0.15, 0.2) is 24.0 Å². The highest BCUT2D eigenvalue weighted by Gasteiger charge is 2.25. The number of fused-ring (bicyclic) bond motifs is 1. The van der Waals surface area contributed by atoms with Gasteiger partial charge in [-0.1, -0.05) is 0 Å². The number of ether oxygens (including phenoxy) is 1. The maximum absolute atomic E-state index is 12.4. The van der Waals surface area contributed by atoms with Crippen molar-refractivity contribution in [2.45, 2.75) is 13.0 Å². The third-order valence-corrected chi connectivity index (χ3v) is 4.16. The quantitative estimate of drug-likeness (QED) is 0.914. The molecule has 114 valence electrons. The Bertz CT molecular complexity index is 702. The van der Waals surface area contributed by atoms with Gasteiger partial charge in [-0.15, -0.1) is 11.3 Å². The first-order valence-corrected chi connectivity index (χ1v) is 7.56. The average molecular weight is 318 g/mol. The van der Waals surface area contributed by atoms with Crippen molar-refractivity contribution < 1.29 is 14.3 Å². The second-order valence-electron chi connectivity index (χ2n) is 4.76. The Kier molecular flexibility index (Phi) is 4.01. The maximum atomic E-state index is 12.4. The number of methoxy groups -OCH3 is 1. The lowest BCUT2D eigenvalue weighted by Crippen LogP contribution is -2.36. The summed E-state index contributed by atoms with van der Waals surface area (Å²) in [5, 5.41) is 5.10. The van der Waals surface area contributed by atoms with Crippen LogP contribution in [-0.4, -0.2) is 40.5 Å². The molecule has 3 heterocycles. The summed E-state index contributed by atoms with van der Waals surface area (Å²) in [6.45, 7) is 0.911. The van der Waals surface area contributed by atoms with Crippen LogP contribution in [0.5, 0.6) is 0 Å². The molecule has 0 aromatic carbocycles. The number of pyridine rings is 1. The molecule has 0 radical (unpaired) electrons. The van der Waals surface area contributed by atoms with E-state index in [0.717, 1.165) is 11.1 Å². The molecule has 2 aromatic heterocycles. The van der Waals surface area contributed by atoms with Crippen LogP contribution < -0.4 is 5.32 Å². The van der Waals surface area contributed by atoms with Gasteiger partial charge in [0.25, 0.3) is 5.91 Å². The zero-order valence-corrected chi connectivity index (χ0v) is 12.7. The van der Waals surface area contributed by atoms with Gasteiger partial charge in [0.2, 0.25) is 0 Å². The fraction of sp³-hybridized carbons (Fsp3) is 0.286. The Hall–Kier alpha value is -2.48. The van der Waals surface area contributed by atoms with Gasteiger partial charge in [-0.25, -0.2) is 9.78 Å². The summed E-state index contributed by atoms with van der Waals surface area (Å²) < 4.78 is 4.73. The van der Waals surface area contributed by atoms with Gasteiger partial charge in [-0.05, 0) is 17.5 Å². The minimum Gasteiger partial charge on any atom is -0.453 e. The van der Waals surface area contributed by atoms with Crippen molar-refractivity contribution >= 4 is 28.5 Å². The second kappa shape index (κ2) is 6.10. The van der Waals surface area contributed by atoms with E-state index in [1.807, 2.05) is 0 Å². The number of aromatic nitrogens is 2. The molecule has 22 heavy (non-hydrogen) atoms. The normalized spacial score (nSPS) is 13.4. The molecule has 0 atom stereocenters. The molecule has 0 saturated heterocycles. The van der Waals surface area contributed by atoms with E-state index in [0.29, 0.717) is 30.2 Å². The Morgan fingerprint density at radius 2 is 2.27 bits per heavy atom. The molecule has 7 nitrogen and oxygen atoms in total. The van der Waals surface area contributed by atoms with Gasteiger partial charge in [0.1, 0.15) is 0 Å². The topological polar surface area (TPSA) is 84.4 Å². The van der Waals surface area contributed by atoms with Gasteiger partial charge in [0, 0.05) is 30.5 Å². The highest BCUT2D eigenvalue weighted by Crippen LogP contribution is 2.23. The maximum Gasteiger partial charge on any atom is 0.409 e. The summed E-state index contributed by atoms with van der Waals surface area (Å²) in [5.74, 6) is -0.231. The molecule has 8 heteroatoms. The smallest absolute Gasteiger partial charge is 0.409 e. The largest absolute Gasteiger partial charge is 0.453 e. The lowest BCUT2D eigenvalue weighted by atomic mass is 9.97. The second-order valence-corrected chi connectivity index (χ2v) is 5.65. The molecule has 3 rings (SSSR count). The SMILES string of the molecule is COC(=O)N1CCc2c(cncc2C(=O)Nc2nccs2)C1. The first kappa shape index (κ1) is 14.5. The summed E-state index contributed by atoms with van der Waals surface area (Å²) >= 11 is 1.36. The number of thiazole rings is 1. The van der Waals surface area contributed by atoms with Crippen molar-refractivity contribution in [3.05, 3.63) is 40.7 Å². The van der Waals surface area contributed by atoms with E-state index in [4.69, 9.17) is 4.74 Å². The molecule has 1 aliphatic heterocycles. The standard InChI is InChI=1S/C14H14N4O3S/c1-21-14(20)18-4-2-10-9(8-18)6-15-7-11(10)12(19)17-13-16-3-5-22-13/h3,5-7H,2,4,8H2,1H3,(H,16,17,19). The number of nitrogens with zero attached hydrogens (tertiary/aromatic N) is 3. The van der Waals surface area contributed by atoms with Crippen LogP contribution in [0.3, 0.4) is 0 Å². The Morgan fingerprint density at radius 3 is 3.00 bits per heavy atom. The van der Waals surface area contributed by atoms with Crippen LogP contribution in [0.25, 0.3) is 0 Å². The molecule has 0 spiro atoms. The zero-order chi connectivity index (χ0) is 15.5. The Balaban J connectivity index is 1.83. The number of rotatable bonds is 2. The zero-order valence-electron chi connectivity index (χ0n) is 11.9. The highest BCUT2D eigenvalue weighted by atomic mass is 32.1. The minimum atomic E-state index is -0.372. The van der Waals surface area contributed by atoms with E-state index in [2.05, 4.69) is 15.3 Å². The number of hydrogen-bond donors (Lipinski definition) is 1. The fourth-order valence-electron chi connectivity index (χ4n) is 2.42. The van der Waals surface area contributed by atoms with Gasteiger partial charge in [-0.3, -0.25) is 15.1 Å².